The van der Waals surface area contributed by atoms with Gasteiger partial charge in [-0.15, -0.1) is 0 Å². The summed E-state index contributed by atoms with van der Waals surface area (Å²) in [7, 11) is 1.85. The largest absolute Gasteiger partial charge is 0.329 e. The first kappa shape index (κ1) is 16.8. The first-order valence-corrected chi connectivity index (χ1v) is 9.43. The van der Waals surface area contributed by atoms with E-state index >= 15 is 0 Å². The van der Waals surface area contributed by atoms with Crippen molar-refractivity contribution in [2.45, 2.75) is 24.0 Å². The summed E-state index contributed by atoms with van der Waals surface area (Å²) in [5.74, 6) is -0.752. The molecule has 1 aromatic heterocycles. The molecule has 134 valence electrons. The lowest BCUT2D eigenvalue weighted by molar-refractivity contribution is -0.127. The highest BCUT2D eigenvalue weighted by Gasteiger charge is 2.43. The zero-order valence-electron chi connectivity index (χ0n) is 14.3. The average Bonchev–Trinajstić information content (AvgIpc) is 3.27. The fourth-order valence-electron chi connectivity index (χ4n) is 3.48. The van der Waals surface area contributed by atoms with Crippen molar-refractivity contribution in [2.24, 2.45) is 7.05 Å². The van der Waals surface area contributed by atoms with E-state index in [1.165, 1.54) is 16.7 Å². The molecule has 1 fully saturated rings. The summed E-state index contributed by atoms with van der Waals surface area (Å²) in [6, 6.07) is 6.27. The number of carbonyl (C=O) groups excluding carboxylic acids is 3. The van der Waals surface area contributed by atoms with Crippen LogP contribution >= 0.6 is 11.8 Å². The second-order valence-electron chi connectivity index (χ2n) is 6.35. The van der Waals surface area contributed by atoms with Crippen molar-refractivity contribution in [3.8, 4) is 0 Å². The molecule has 26 heavy (non-hydrogen) atoms. The summed E-state index contributed by atoms with van der Waals surface area (Å²) < 4.78 is 1.82. The van der Waals surface area contributed by atoms with E-state index in [-0.39, 0.29) is 23.5 Å². The van der Waals surface area contributed by atoms with Gasteiger partial charge in [-0.3, -0.25) is 14.4 Å². The Hall–Kier alpha value is -2.61. The maximum absolute atomic E-state index is 13.1. The van der Waals surface area contributed by atoms with Gasteiger partial charge in [0.05, 0.1) is 17.0 Å². The maximum Gasteiger partial charge on any atom is 0.256 e. The predicted octanol–water partition coefficient (Wildman–Crippen LogP) is 1.69. The number of imidazole rings is 1. The van der Waals surface area contributed by atoms with Crippen LogP contribution in [0.5, 0.6) is 0 Å². The Morgan fingerprint density at radius 1 is 1.31 bits per heavy atom. The van der Waals surface area contributed by atoms with Gasteiger partial charge in [0.15, 0.2) is 5.16 Å². The van der Waals surface area contributed by atoms with Crippen LogP contribution < -0.4 is 4.90 Å². The lowest BCUT2D eigenvalue weighted by atomic mass is 10.1. The molecule has 7 nitrogen and oxygen atoms in total. The Labute approximate surface area is 155 Å². The molecule has 2 aromatic rings. The molecule has 1 aromatic carbocycles. The Bertz CT molecular complexity index is 894. The fraction of sp³-hybridized carbons (Fsp3) is 0.333. The zero-order valence-corrected chi connectivity index (χ0v) is 15.1. The first-order valence-electron chi connectivity index (χ1n) is 8.45. The van der Waals surface area contributed by atoms with Crippen molar-refractivity contribution in [2.75, 3.05) is 17.2 Å². The van der Waals surface area contributed by atoms with Gasteiger partial charge in [-0.05, 0) is 25.0 Å². The number of hydrogen-bond donors (Lipinski definition) is 0. The van der Waals surface area contributed by atoms with E-state index < -0.39 is 6.04 Å². The minimum atomic E-state index is -0.558. The van der Waals surface area contributed by atoms with Gasteiger partial charge in [-0.2, -0.15) is 0 Å². The lowest BCUT2D eigenvalue weighted by Crippen LogP contribution is -2.47. The molecule has 4 rings (SSSR count). The molecule has 2 aliphatic rings. The van der Waals surface area contributed by atoms with Crippen LogP contribution in [-0.2, 0) is 16.6 Å². The number of thioether (sulfide) groups is 1. The van der Waals surface area contributed by atoms with Gasteiger partial charge >= 0.3 is 0 Å². The SMILES string of the molecule is Cn1ccnc1SCC(=O)N1C(=O)[C@H]2CCCN2C(=O)c2ccccc21. The van der Waals surface area contributed by atoms with Gasteiger partial charge in [0.25, 0.3) is 11.8 Å². The molecular weight excluding hydrogens is 352 g/mol. The van der Waals surface area contributed by atoms with E-state index in [9.17, 15) is 14.4 Å². The molecule has 8 heteroatoms. The molecule has 0 radical (unpaired) electrons. The lowest BCUT2D eigenvalue weighted by Gasteiger charge is -2.24. The Morgan fingerprint density at radius 2 is 2.12 bits per heavy atom. The van der Waals surface area contributed by atoms with Crippen molar-refractivity contribution < 1.29 is 14.4 Å². The molecule has 0 aliphatic carbocycles. The van der Waals surface area contributed by atoms with Crippen LogP contribution in [0.25, 0.3) is 0 Å². The molecule has 1 saturated heterocycles. The van der Waals surface area contributed by atoms with Crippen LogP contribution in [0.1, 0.15) is 23.2 Å². The smallest absolute Gasteiger partial charge is 0.256 e. The number of para-hydroxylation sites is 1. The third-order valence-corrected chi connectivity index (χ3v) is 5.79. The summed E-state index contributed by atoms with van der Waals surface area (Å²) in [5.41, 5.74) is 0.780. The number of aryl methyl sites for hydroxylation is 1. The number of aromatic nitrogens is 2. The minimum Gasteiger partial charge on any atom is -0.329 e. The quantitative estimate of drug-likeness (QED) is 0.769. The number of carbonyl (C=O) groups is 3. The van der Waals surface area contributed by atoms with Crippen LogP contribution in [-0.4, -0.2) is 50.5 Å². The second-order valence-corrected chi connectivity index (χ2v) is 7.29. The molecule has 0 saturated carbocycles. The molecule has 0 N–H and O–H groups in total. The number of amides is 3. The van der Waals surface area contributed by atoms with E-state index in [2.05, 4.69) is 4.98 Å². The van der Waals surface area contributed by atoms with Crippen LogP contribution in [0.4, 0.5) is 5.69 Å². The molecule has 2 aliphatic heterocycles. The summed E-state index contributed by atoms with van der Waals surface area (Å²) in [6.07, 6.45) is 4.83. The Morgan fingerprint density at radius 3 is 2.88 bits per heavy atom. The van der Waals surface area contributed by atoms with E-state index in [0.717, 1.165) is 6.42 Å². The van der Waals surface area contributed by atoms with Gasteiger partial charge < -0.3 is 9.47 Å². The van der Waals surface area contributed by atoms with Crippen LogP contribution in [0, 0.1) is 0 Å². The third-order valence-electron chi connectivity index (χ3n) is 4.75. The van der Waals surface area contributed by atoms with Gasteiger partial charge in [0, 0.05) is 26.0 Å². The monoisotopic (exact) mass is 370 g/mol. The summed E-state index contributed by atoms with van der Waals surface area (Å²) in [6.45, 7) is 0.549. The molecule has 3 amide bonds. The van der Waals surface area contributed by atoms with Crippen molar-refractivity contribution in [3.05, 3.63) is 42.2 Å². The van der Waals surface area contributed by atoms with Gasteiger partial charge in [0.1, 0.15) is 6.04 Å². The standard InChI is InChI=1S/C18H18N4O3S/c1-20-10-8-19-18(20)26-11-15(23)22-13-6-3-2-5-12(13)16(24)21-9-4-7-14(21)17(22)25/h2-3,5-6,8,10,14H,4,7,9,11H2,1H3/t14-/m1/s1. The van der Waals surface area contributed by atoms with Gasteiger partial charge in [-0.25, -0.2) is 9.88 Å². The molecule has 0 spiro atoms. The fourth-order valence-corrected chi connectivity index (χ4v) is 4.26. The van der Waals surface area contributed by atoms with E-state index in [0.29, 0.717) is 29.4 Å². The number of nitrogens with zero attached hydrogens (tertiary/aromatic N) is 4. The number of hydrogen-bond acceptors (Lipinski definition) is 5. The third kappa shape index (κ3) is 2.70. The highest BCUT2D eigenvalue weighted by Crippen LogP contribution is 2.33. The van der Waals surface area contributed by atoms with E-state index in [4.69, 9.17) is 0 Å². The summed E-state index contributed by atoms with van der Waals surface area (Å²) in [5, 5.41) is 0.701. The number of imide groups is 1. The summed E-state index contributed by atoms with van der Waals surface area (Å²) >= 11 is 1.27. The van der Waals surface area contributed by atoms with Crippen molar-refractivity contribution in [1.29, 1.82) is 0 Å². The Kier molecular flexibility index (Phi) is 4.28. The highest BCUT2D eigenvalue weighted by molar-refractivity contribution is 7.99. The van der Waals surface area contributed by atoms with Crippen molar-refractivity contribution in [1.82, 2.24) is 14.5 Å². The first-order chi connectivity index (χ1) is 12.6. The minimum absolute atomic E-state index is 0.0752. The molecule has 0 bridgehead atoms. The van der Waals surface area contributed by atoms with Crippen LogP contribution in [0.2, 0.25) is 0 Å². The van der Waals surface area contributed by atoms with E-state index in [1.54, 1.807) is 41.6 Å². The van der Waals surface area contributed by atoms with Gasteiger partial charge in [0.2, 0.25) is 5.91 Å². The summed E-state index contributed by atoms with van der Waals surface area (Å²) in [4.78, 5) is 45.8. The van der Waals surface area contributed by atoms with Crippen molar-refractivity contribution in [3.63, 3.8) is 0 Å². The van der Waals surface area contributed by atoms with E-state index in [1.807, 2.05) is 11.6 Å². The topological polar surface area (TPSA) is 75.5 Å². The maximum atomic E-state index is 13.1. The normalized spacial score (nSPS) is 19.3. The Balaban J connectivity index is 1.67. The average molecular weight is 370 g/mol. The number of anilines is 1. The van der Waals surface area contributed by atoms with Crippen LogP contribution in [0.3, 0.4) is 0 Å². The molecule has 3 heterocycles. The highest BCUT2D eigenvalue weighted by atomic mass is 32.2. The predicted molar refractivity (Wildman–Crippen MR) is 96.9 cm³/mol. The number of benzene rings is 1. The van der Waals surface area contributed by atoms with Gasteiger partial charge in [-0.1, -0.05) is 23.9 Å². The van der Waals surface area contributed by atoms with Crippen molar-refractivity contribution >= 4 is 35.2 Å². The molecule has 0 unspecified atom stereocenters. The molecular formula is C18H18N4O3S. The molecule has 1 atom stereocenters. The number of fused-ring (bicyclic) bond motifs is 2. The second kappa shape index (κ2) is 6.60. The zero-order chi connectivity index (χ0) is 18.3. The van der Waals surface area contributed by atoms with Crippen LogP contribution in [0.15, 0.2) is 41.8 Å². The number of rotatable bonds is 3.